The molecule has 0 N–H and O–H groups in total. The van der Waals surface area contributed by atoms with Crippen LogP contribution in [0.1, 0.15) is 59.3 Å². The van der Waals surface area contributed by atoms with Crippen LogP contribution in [0.2, 0.25) is 0 Å². The summed E-state index contributed by atoms with van der Waals surface area (Å²) in [6.07, 6.45) is 5.16. The van der Waals surface area contributed by atoms with Crippen LogP contribution in [0.25, 0.3) is 0 Å². The lowest BCUT2D eigenvalue weighted by Crippen LogP contribution is -2.47. The first-order valence-corrected chi connectivity index (χ1v) is 8.29. The molecule has 0 saturated heterocycles. The third-order valence-corrected chi connectivity index (χ3v) is 4.76. The van der Waals surface area contributed by atoms with Crippen molar-refractivity contribution in [2.24, 2.45) is 17.8 Å². The number of rotatable bonds is 2. The van der Waals surface area contributed by atoms with Crippen molar-refractivity contribution in [3.05, 3.63) is 0 Å². The second-order valence-electron chi connectivity index (χ2n) is 7.46. The summed E-state index contributed by atoms with van der Waals surface area (Å²) in [4.78, 5) is 24.1. The van der Waals surface area contributed by atoms with Gasteiger partial charge in [0.05, 0.1) is 13.0 Å². The predicted octanol–water partition coefficient (Wildman–Crippen LogP) is 3.70. The Morgan fingerprint density at radius 2 is 1.68 bits per heavy atom. The zero-order valence-electron chi connectivity index (χ0n) is 14.1. The summed E-state index contributed by atoms with van der Waals surface area (Å²) < 4.78 is 15.8. The number of carbonyl (C=O) groups is 2. The maximum atomic E-state index is 12.1. The molecule has 0 aromatic carbocycles. The first-order valence-electron chi connectivity index (χ1n) is 8.29. The van der Waals surface area contributed by atoms with Crippen LogP contribution in [0.4, 0.5) is 4.79 Å². The third-order valence-electron chi connectivity index (χ3n) is 4.76. The summed E-state index contributed by atoms with van der Waals surface area (Å²) >= 11 is 0. The van der Waals surface area contributed by atoms with E-state index in [-0.39, 0.29) is 17.8 Å². The molecule has 2 saturated carbocycles. The molecule has 2 rings (SSSR count). The van der Waals surface area contributed by atoms with E-state index < -0.39 is 17.9 Å². The highest BCUT2D eigenvalue weighted by molar-refractivity contribution is 5.74. The minimum atomic E-state index is -0.683. The molecule has 0 aromatic rings. The van der Waals surface area contributed by atoms with Gasteiger partial charge < -0.3 is 14.2 Å². The maximum absolute atomic E-state index is 12.1. The van der Waals surface area contributed by atoms with Gasteiger partial charge in [-0.2, -0.15) is 0 Å². The number of ether oxygens (including phenoxy) is 3. The van der Waals surface area contributed by atoms with Crippen LogP contribution >= 0.6 is 0 Å². The number of fused-ring (bicyclic) bond motifs is 1. The molecule has 0 radical (unpaired) electrons. The van der Waals surface area contributed by atoms with Crippen molar-refractivity contribution >= 4 is 12.1 Å². The Bertz CT molecular complexity index is 412. The second kappa shape index (κ2) is 6.88. The normalized spacial score (nSPS) is 31.8. The quantitative estimate of drug-likeness (QED) is 0.728. The van der Waals surface area contributed by atoms with Gasteiger partial charge >= 0.3 is 12.1 Å². The van der Waals surface area contributed by atoms with Crippen molar-refractivity contribution in [1.82, 2.24) is 0 Å². The van der Waals surface area contributed by atoms with Crippen LogP contribution in [0.5, 0.6) is 0 Å². The molecule has 126 valence electrons. The van der Waals surface area contributed by atoms with Gasteiger partial charge in [-0.3, -0.25) is 4.79 Å². The Hall–Kier alpha value is -1.26. The van der Waals surface area contributed by atoms with Gasteiger partial charge in [-0.25, -0.2) is 4.79 Å². The Morgan fingerprint density at radius 1 is 1.00 bits per heavy atom. The molecule has 22 heavy (non-hydrogen) atoms. The van der Waals surface area contributed by atoms with E-state index in [0.29, 0.717) is 5.92 Å². The van der Waals surface area contributed by atoms with E-state index in [4.69, 9.17) is 14.2 Å². The summed E-state index contributed by atoms with van der Waals surface area (Å²) in [5.41, 5.74) is -0.599. The number of methoxy groups -OCH3 is 1. The average molecular weight is 312 g/mol. The minimum Gasteiger partial charge on any atom is -0.469 e. The van der Waals surface area contributed by atoms with Gasteiger partial charge in [0, 0.05) is 0 Å². The molecule has 4 atom stereocenters. The first-order chi connectivity index (χ1) is 10.3. The van der Waals surface area contributed by atoms with E-state index in [9.17, 15) is 9.59 Å². The number of hydrogen-bond donors (Lipinski definition) is 0. The van der Waals surface area contributed by atoms with Crippen LogP contribution in [-0.4, -0.2) is 30.9 Å². The van der Waals surface area contributed by atoms with E-state index in [1.165, 1.54) is 13.5 Å². The van der Waals surface area contributed by atoms with E-state index in [2.05, 4.69) is 0 Å². The molecule has 4 unspecified atom stereocenters. The van der Waals surface area contributed by atoms with E-state index in [0.717, 1.165) is 32.1 Å². The summed E-state index contributed by atoms with van der Waals surface area (Å²) in [7, 11) is 1.39. The van der Waals surface area contributed by atoms with Crippen LogP contribution in [0.15, 0.2) is 0 Å². The van der Waals surface area contributed by atoms with Crippen LogP contribution in [-0.2, 0) is 19.0 Å². The summed E-state index contributed by atoms with van der Waals surface area (Å²) in [5.74, 6) is 0.149. The van der Waals surface area contributed by atoms with Gasteiger partial charge in [-0.15, -0.1) is 0 Å². The lowest BCUT2D eigenvalue weighted by atomic mass is 9.65. The van der Waals surface area contributed by atoms with Crippen molar-refractivity contribution in [3.8, 4) is 0 Å². The van der Waals surface area contributed by atoms with Gasteiger partial charge in [0.1, 0.15) is 11.7 Å². The molecule has 2 aliphatic carbocycles. The van der Waals surface area contributed by atoms with Crippen molar-refractivity contribution in [2.75, 3.05) is 7.11 Å². The molecule has 0 aliphatic heterocycles. The largest absolute Gasteiger partial charge is 0.509 e. The Morgan fingerprint density at radius 3 is 2.32 bits per heavy atom. The molecule has 2 aliphatic rings. The SMILES string of the molecule is COC(=O)C1CCC2CCCCC2C1OC(=O)OC(C)(C)C. The zero-order chi connectivity index (χ0) is 16.3. The van der Waals surface area contributed by atoms with Gasteiger partial charge in [-0.05, 0) is 51.9 Å². The number of hydrogen-bond acceptors (Lipinski definition) is 5. The lowest BCUT2D eigenvalue weighted by Gasteiger charge is -2.43. The molecule has 5 nitrogen and oxygen atoms in total. The van der Waals surface area contributed by atoms with Crippen molar-refractivity contribution in [3.63, 3.8) is 0 Å². The van der Waals surface area contributed by atoms with Crippen LogP contribution in [0, 0.1) is 17.8 Å². The van der Waals surface area contributed by atoms with Crippen LogP contribution in [0.3, 0.4) is 0 Å². The highest BCUT2D eigenvalue weighted by Gasteiger charge is 2.46. The third kappa shape index (κ3) is 4.14. The Kier molecular flexibility index (Phi) is 5.35. The summed E-state index contributed by atoms with van der Waals surface area (Å²) in [6.45, 7) is 5.41. The number of esters is 1. The van der Waals surface area contributed by atoms with Crippen LogP contribution < -0.4 is 0 Å². The van der Waals surface area contributed by atoms with Gasteiger partial charge in [0.25, 0.3) is 0 Å². The Balaban J connectivity index is 2.11. The topological polar surface area (TPSA) is 61.8 Å². The Labute approximate surface area is 132 Å². The highest BCUT2D eigenvalue weighted by Crippen LogP contribution is 2.44. The zero-order valence-corrected chi connectivity index (χ0v) is 14.1. The maximum Gasteiger partial charge on any atom is 0.509 e. The fraction of sp³-hybridized carbons (Fsp3) is 0.882. The average Bonchev–Trinajstić information content (AvgIpc) is 2.45. The molecule has 5 heteroatoms. The fourth-order valence-corrected chi connectivity index (χ4v) is 3.84. The molecule has 0 heterocycles. The van der Waals surface area contributed by atoms with E-state index in [1.807, 2.05) is 0 Å². The van der Waals surface area contributed by atoms with Crippen molar-refractivity contribution in [2.45, 2.75) is 71.0 Å². The number of carbonyl (C=O) groups excluding carboxylic acids is 2. The molecule has 2 fully saturated rings. The second-order valence-corrected chi connectivity index (χ2v) is 7.46. The summed E-state index contributed by atoms with van der Waals surface area (Å²) in [5, 5.41) is 0. The van der Waals surface area contributed by atoms with Gasteiger partial charge in [-0.1, -0.05) is 19.3 Å². The molecule has 0 bridgehead atoms. The van der Waals surface area contributed by atoms with Crippen molar-refractivity contribution in [1.29, 1.82) is 0 Å². The highest BCUT2D eigenvalue weighted by atomic mass is 16.7. The monoisotopic (exact) mass is 312 g/mol. The standard InChI is InChI=1S/C17H28O5/c1-17(2,3)22-16(19)21-14-12-8-6-5-7-11(12)9-10-13(14)15(18)20-4/h11-14H,5-10H2,1-4H3. The lowest BCUT2D eigenvalue weighted by molar-refractivity contribution is -0.158. The minimum absolute atomic E-state index is 0.249. The molecular formula is C17H28O5. The summed E-state index contributed by atoms with van der Waals surface area (Å²) in [6, 6.07) is 0. The molecular weight excluding hydrogens is 284 g/mol. The molecule has 0 aromatic heterocycles. The smallest absolute Gasteiger partial charge is 0.469 e. The predicted molar refractivity (Wildman–Crippen MR) is 81.3 cm³/mol. The van der Waals surface area contributed by atoms with Gasteiger partial charge in [0.15, 0.2) is 0 Å². The van der Waals surface area contributed by atoms with E-state index >= 15 is 0 Å². The van der Waals surface area contributed by atoms with Gasteiger partial charge in [0.2, 0.25) is 0 Å². The fourth-order valence-electron chi connectivity index (χ4n) is 3.84. The molecule has 0 spiro atoms. The first kappa shape index (κ1) is 17.1. The van der Waals surface area contributed by atoms with E-state index in [1.54, 1.807) is 20.8 Å². The molecule has 0 amide bonds. The van der Waals surface area contributed by atoms with Crippen molar-refractivity contribution < 1.29 is 23.8 Å².